The van der Waals surface area contributed by atoms with Crippen LogP contribution in [0.25, 0.3) is 0 Å². The summed E-state index contributed by atoms with van der Waals surface area (Å²) in [5, 5.41) is 37.8. The molecule has 16 nitrogen and oxygen atoms in total. The van der Waals surface area contributed by atoms with Crippen molar-refractivity contribution in [1.82, 2.24) is 16.0 Å². The first kappa shape index (κ1) is 47.7. The molecule has 1 aliphatic rings. The molecular weight excluding hydrogens is 692 g/mol. The molecule has 0 spiro atoms. The van der Waals surface area contributed by atoms with Crippen molar-refractivity contribution < 1.29 is 58.3 Å². The zero-order valence-electron chi connectivity index (χ0n) is 32.1. The number of rotatable bonds is 29. The van der Waals surface area contributed by atoms with Gasteiger partial charge in [0.15, 0.2) is 6.29 Å². The SMILES string of the molecule is CCCCCCCCCCCCCCCCCC(=O)OC[C@@H]1O[C@H](O)[C@H](NC(C)=O)[C@H](O[C@H](C)C(=O)N[C@H](C)C(=O)N[C@H](CCC(=O)O)C(N)=O)[C@H]1O. The Labute approximate surface area is 314 Å². The number of amides is 4. The first-order valence-electron chi connectivity index (χ1n) is 19.4. The minimum atomic E-state index is -1.69. The van der Waals surface area contributed by atoms with Crippen molar-refractivity contribution in [3.8, 4) is 0 Å². The number of carbonyl (C=O) groups excluding carboxylic acids is 5. The maximum absolute atomic E-state index is 12.9. The molecular formula is C37H66N4O12. The first-order valence-corrected chi connectivity index (χ1v) is 19.4. The van der Waals surface area contributed by atoms with Crippen molar-refractivity contribution in [1.29, 1.82) is 0 Å². The van der Waals surface area contributed by atoms with Gasteiger partial charge in [0.2, 0.25) is 23.6 Å². The van der Waals surface area contributed by atoms with Crippen molar-refractivity contribution in [3.05, 3.63) is 0 Å². The number of nitrogens with one attached hydrogen (secondary N) is 3. The number of carboxylic acids is 1. The van der Waals surface area contributed by atoms with Crippen LogP contribution < -0.4 is 21.7 Å². The standard InChI is InChI=1S/C37H66N4O12/c1-5-6-7-8-9-10-11-12-13-14-15-16-17-18-19-20-30(45)51-23-28-32(46)33(31(37(50)53-28)40-26(4)42)52-25(3)36(49)39-24(2)35(48)41-27(34(38)47)21-22-29(43)44/h24-25,27-28,31-33,37,46,50H,5-23H2,1-4H3,(H2,38,47)(H,39,49)(H,40,42)(H,41,48)(H,43,44)/t24-,25-,27-,28+,31-,32+,33+,37+/m1/s1. The molecule has 0 aromatic heterocycles. The van der Waals surface area contributed by atoms with E-state index in [4.69, 9.17) is 25.1 Å². The highest BCUT2D eigenvalue weighted by molar-refractivity contribution is 5.92. The number of aliphatic hydroxyl groups excluding tert-OH is 2. The molecule has 0 radical (unpaired) electrons. The minimum absolute atomic E-state index is 0.181. The Morgan fingerprint density at radius 1 is 0.774 bits per heavy atom. The predicted molar refractivity (Wildman–Crippen MR) is 195 cm³/mol. The maximum atomic E-state index is 12.9. The summed E-state index contributed by atoms with van der Waals surface area (Å²) in [6.07, 6.45) is 10.3. The molecule has 0 saturated carbocycles. The third-order valence-corrected chi connectivity index (χ3v) is 9.25. The minimum Gasteiger partial charge on any atom is -0.481 e. The van der Waals surface area contributed by atoms with E-state index in [1.807, 2.05) is 0 Å². The molecule has 1 heterocycles. The van der Waals surface area contributed by atoms with Crippen molar-refractivity contribution in [3.63, 3.8) is 0 Å². The van der Waals surface area contributed by atoms with Crippen molar-refractivity contribution in [2.45, 2.75) is 192 Å². The molecule has 1 rings (SSSR count). The van der Waals surface area contributed by atoms with Crippen molar-refractivity contribution in [2.75, 3.05) is 6.61 Å². The molecule has 8 atom stereocenters. The predicted octanol–water partition coefficient (Wildman–Crippen LogP) is 2.49. The number of unbranched alkanes of at least 4 members (excludes halogenated alkanes) is 14. The number of carbonyl (C=O) groups is 6. The number of primary amides is 1. The fraction of sp³-hybridized carbons (Fsp3) is 0.838. The number of hydrogen-bond donors (Lipinski definition) is 7. The van der Waals surface area contributed by atoms with Gasteiger partial charge in [-0.2, -0.15) is 0 Å². The van der Waals surface area contributed by atoms with E-state index in [1.54, 1.807) is 0 Å². The molecule has 16 heteroatoms. The van der Waals surface area contributed by atoms with Crippen LogP contribution >= 0.6 is 0 Å². The van der Waals surface area contributed by atoms with Gasteiger partial charge in [-0.15, -0.1) is 0 Å². The zero-order chi connectivity index (χ0) is 39.8. The van der Waals surface area contributed by atoms with E-state index >= 15 is 0 Å². The quantitative estimate of drug-likeness (QED) is 0.0429. The lowest BCUT2D eigenvalue weighted by molar-refractivity contribution is -0.267. The summed E-state index contributed by atoms with van der Waals surface area (Å²) in [4.78, 5) is 72.3. The van der Waals surface area contributed by atoms with Crippen molar-refractivity contribution in [2.24, 2.45) is 5.73 Å². The Morgan fingerprint density at radius 3 is 1.79 bits per heavy atom. The topological polar surface area (TPSA) is 253 Å². The van der Waals surface area contributed by atoms with Gasteiger partial charge in [0.25, 0.3) is 0 Å². The number of ether oxygens (including phenoxy) is 3. The third kappa shape index (κ3) is 20.6. The van der Waals surface area contributed by atoms with E-state index in [2.05, 4.69) is 22.9 Å². The summed E-state index contributed by atoms with van der Waals surface area (Å²) in [6, 6.07) is -3.80. The highest BCUT2D eigenvalue weighted by Crippen LogP contribution is 2.25. The number of aliphatic carboxylic acids is 1. The second kappa shape index (κ2) is 27.3. The fourth-order valence-corrected chi connectivity index (χ4v) is 6.05. The van der Waals surface area contributed by atoms with Gasteiger partial charge in [-0.05, 0) is 26.7 Å². The van der Waals surface area contributed by atoms with Gasteiger partial charge < -0.3 is 51.2 Å². The van der Waals surface area contributed by atoms with Crippen LogP contribution in [0.2, 0.25) is 0 Å². The molecule has 1 aliphatic heterocycles. The van der Waals surface area contributed by atoms with Gasteiger partial charge in [0.1, 0.15) is 49.1 Å². The molecule has 53 heavy (non-hydrogen) atoms. The Morgan fingerprint density at radius 2 is 1.30 bits per heavy atom. The highest BCUT2D eigenvalue weighted by atomic mass is 16.6. The monoisotopic (exact) mass is 758 g/mol. The van der Waals surface area contributed by atoms with Crippen LogP contribution in [0, 0.1) is 0 Å². The Kier molecular flexibility index (Phi) is 24.5. The third-order valence-electron chi connectivity index (χ3n) is 9.25. The number of carboxylic acid groups (broad SMARTS) is 1. The van der Waals surface area contributed by atoms with Gasteiger partial charge in [0.05, 0.1) is 0 Å². The number of esters is 1. The number of aliphatic hydroxyl groups is 2. The van der Waals surface area contributed by atoms with E-state index in [0.29, 0.717) is 6.42 Å². The summed E-state index contributed by atoms with van der Waals surface area (Å²) in [5.74, 6) is -4.85. The Hall–Kier alpha value is -3.34. The van der Waals surface area contributed by atoms with Crippen LogP contribution in [-0.2, 0) is 43.0 Å². The molecule has 0 aliphatic carbocycles. The Balaban J connectivity index is 2.53. The lowest BCUT2D eigenvalue weighted by atomic mass is 9.96. The zero-order valence-corrected chi connectivity index (χ0v) is 32.1. The average molecular weight is 759 g/mol. The maximum Gasteiger partial charge on any atom is 0.305 e. The van der Waals surface area contributed by atoms with Gasteiger partial charge in [-0.25, -0.2) is 0 Å². The molecule has 4 amide bonds. The largest absolute Gasteiger partial charge is 0.481 e. The van der Waals surface area contributed by atoms with Crippen LogP contribution in [0.1, 0.15) is 143 Å². The normalized spacial score (nSPS) is 21.5. The van der Waals surface area contributed by atoms with Gasteiger partial charge in [-0.3, -0.25) is 28.8 Å². The lowest BCUT2D eigenvalue weighted by Gasteiger charge is -2.43. The summed E-state index contributed by atoms with van der Waals surface area (Å²) in [6.45, 7) is 5.62. The van der Waals surface area contributed by atoms with Crippen LogP contribution in [-0.4, -0.2) is 106 Å². The smallest absolute Gasteiger partial charge is 0.305 e. The number of nitrogens with two attached hydrogens (primary N) is 1. The molecule has 0 aromatic carbocycles. The molecule has 0 bridgehead atoms. The molecule has 8 N–H and O–H groups in total. The van der Waals surface area contributed by atoms with Gasteiger partial charge in [-0.1, -0.05) is 96.8 Å². The number of hydrogen-bond acceptors (Lipinski definition) is 11. The summed E-state index contributed by atoms with van der Waals surface area (Å²) >= 11 is 0. The van der Waals surface area contributed by atoms with E-state index in [-0.39, 0.29) is 12.8 Å². The molecule has 0 unspecified atom stereocenters. The van der Waals surface area contributed by atoms with Gasteiger partial charge >= 0.3 is 11.9 Å². The van der Waals surface area contributed by atoms with E-state index in [9.17, 15) is 39.0 Å². The fourth-order valence-electron chi connectivity index (χ4n) is 6.05. The Bertz CT molecular complexity index is 1130. The van der Waals surface area contributed by atoms with Gasteiger partial charge in [0, 0.05) is 19.8 Å². The summed E-state index contributed by atoms with van der Waals surface area (Å²) in [5.41, 5.74) is 5.25. The lowest BCUT2D eigenvalue weighted by Crippen LogP contribution is -2.66. The van der Waals surface area contributed by atoms with E-state index in [1.165, 1.54) is 91.4 Å². The molecule has 306 valence electrons. The van der Waals surface area contributed by atoms with E-state index in [0.717, 1.165) is 19.3 Å². The average Bonchev–Trinajstić information content (AvgIpc) is 3.09. The second-order valence-electron chi connectivity index (χ2n) is 14.0. The van der Waals surface area contributed by atoms with E-state index < -0.39 is 97.4 Å². The molecule has 1 fully saturated rings. The van der Waals surface area contributed by atoms with Crippen LogP contribution in [0.3, 0.4) is 0 Å². The highest BCUT2D eigenvalue weighted by Gasteiger charge is 2.47. The summed E-state index contributed by atoms with van der Waals surface area (Å²) in [7, 11) is 0. The first-order chi connectivity index (χ1) is 25.2. The van der Waals surface area contributed by atoms with Crippen molar-refractivity contribution >= 4 is 35.6 Å². The molecule has 1 saturated heterocycles. The molecule has 0 aromatic rings. The van der Waals surface area contributed by atoms with Crippen LogP contribution in [0.4, 0.5) is 0 Å². The second-order valence-corrected chi connectivity index (χ2v) is 14.0. The van der Waals surface area contributed by atoms with Crippen LogP contribution in [0.5, 0.6) is 0 Å². The van der Waals surface area contributed by atoms with Crippen LogP contribution in [0.15, 0.2) is 0 Å². The summed E-state index contributed by atoms with van der Waals surface area (Å²) < 4.78 is 16.6.